The Hall–Kier alpha value is -3.97. The van der Waals surface area contributed by atoms with Crippen LogP contribution in [0.25, 0.3) is 0 Å². The maximum atomic E-state index is 11.0. The second-order valence-electron chi connectivity index (χ2n) is 6.12. The molecule has 3 heteroatoms. The minimum atomic E-state index is -2.62. The average Bonchev–Trinajstić information content (AvgIpc) is 2.80. The molecule has 0 fully saturated rings. The van der Waals surface area contributed by atoms with Gasteiger partial charge in [0.25, 0.3) is 0 Å². The van der Waals surface area contributed by atoms with Gasteiger partial charge in [-0.05, 0) is 33.3 Å². The summed E-state index contributed by atoms with van der Waals surface area (Å²) in [5.74, 6) is 9.72. The van der Waals surface area contributed by atoms with Crippen LogP contribution in [0.5, 0.6) is 0 Å². The van der Waals surface area contributed by atoms with Crippen molar-refractivity contribution in [3.63, 3.8) is 0 Å². The highest BCUT2D eigenvalue weighted by Crippen LogP contribution is 2.07. The summed E-state index contributed by atoms with van der Waals surface area (Å²) in [7, 11) is -2.62. The zero-order chi connectivity index (χ0) is 20.4. The molecule has 0 saturated heterocycles. The van der Waals surface area contributed by atoms with Crippen LogP contribution in [0.1, 0.15) is 0 Å². The number of hydrogen-bond donors (Lipinski definition) is 0. The summed E-state index contributed by atoms with van der Waals surface area (Å²) in [5, 5.41) is 3.56. The largest absolute Gasteiger partial charge is 0.443 e. The molecule has 3 aromatic carbocycles. The molecular formula is C26H18O2Si. The third-order valence-electron chi connectivity index (χ3n) is 4.41. The first-order valence-electron chi connectivity index (χ1n) is 9.07. The lowest BCUT2D eigenvalue weighted by atomic mass is 10.3. The Morgan fingerprint density at radius 2 is 1.21 bits per heavy atom. The summed E-state index contributed by atoms with van der Waals surface area (Å²) >= 11 is 0. The number of ether oxygens (including phenoxy) is 1. The highest BCUT2D eigenvalue weighted by atomic mass is 28.3. The number of carbonyl (C=O) groups is 1. The molecule has 0 radical (unpaired) electrons. The minimum Gasteiger partial charge on any atom is -0.443 e. The Kier molecular flexibility index (Phi) is 6.69. The van der Waals surface area contributed by atoms with E-state index in [9.17, 15) is 4.79 Å². The van der Waals surface area contributed by atoms with E-state index in [4.69, 9.17) is 11.2 Å². The molecule has 0 heterocycles. The van der Waals surface area contributed by atoms with Crippen molar-refractivity contribution in [3.8, 4) is 35.6 Å². The fourth-order valence-corrected chi connectivity index (χ4v) is 6.89. The summed E-state index contributed by atoms with van der Waals surface area (Å²) < 4.78 is 4.77. The molecule has 0 aliphatic rings. The molecule has 0 saturated carbocycles. The van der Waals surface area contributed by atoms with Crippen molar-refractivity contribution in [2.75, 3.05) is 6.61 Å². The molecule has 0 amide bonds. The van der Waals surface area contributed by atoms with E-state index in [1.54, 1.807) is 0 Å². The number of hydrogen-bond acceptors (Lipinski definition) is 2. The summed E-state index contributed by atoms with van der Waals surface area (Å²) in [6.07, 6.45) is 4.97. The van der Waals surface area contributed by atoms with Crippen LogP contribution < -0.4 is 15.6 Å². The van der Waals surface area contributed by atoms with Crippen LogP contribution in [0.15, 0.2) is 91.0 Å². The number of terminal acetylenes is 1. The molecule has 3 aromatic rings. The molecule has 3 rings (SSSR count). The Balaban J connectivity index is 2.12. The smallest absolute Gasteiger partial charge is 0.385 e. The van der Waals surface area contributed by atoms with Crippen LogP contribution in [-0.4, -0.2) is 20.7 Å². The van der Waals surface area contributed by atoms with Gasteiger partial charge in [-0.2, -0.15) is 0 Å². The molecule has 0 unspecified atom stereocenters. The van der Waals surface area contributed by atoms with E-state index in [0.29, 0.717) is 0 Å². The third kappa shape index (κ3) is 4.66. The second kappa shape index (κ2) is 9.82. The van der Waals surface area contributed by atoms with Gasteiger partial charge in [0.1, 0.15) is 0 Å². The Morgan fingerprint density at radius 3 is 1.62 bits per heavy atom. The van der Waals surface area contributed by atoms with E-state index in [1.165, 1.54) is 15.6 Å². The molecule has 0 N–H and O–H groups in total. The molecule has 0 aliphatic heterocycles. The van der Waals surface area contributed by atoms with Gasteiger partial charge in [0.05, 0.1) is 0 Å². The molecule has 0 aromatic heterocycles. The van der Waals surface area contributed by atoms with Gasteiger partial charge in [-0.3, -0.25) is 0 Å². The van der Waals surface area contributed by atoms with E-state index >= 15 is 0 Å². The number of carbonyl (C=O) groups excluding carboxylic acids is 1. The molecule has 0 bridgehead atoms. The fraction of sp³-hybridized carbons (Fsp3) is 0.0385. The third-order valence-corrected chi connectivity index (χ3v) is 8.51. The van der Waals surface area contributed by atoms with Gasteiger partial charge in [0.15, 0.2) is 6.61 Å². The molecule has 0 spiro atoms. The predicted octanol–water partition coefficient (Wildman–Crippen LogP) is 1.88. The second-order valence-corrected chi connectivity index (χ2v) is 9.60. The van der Waals surface area contributed by atoms with Crippen LogP contribution in [0, 0.1) is 35.6 Å². The van der Waals surface area contributed by atoms with Gasteiger partial charge in [-0.1, -0.05) is 91.0 Å². The van der Waals surface area contributed by atoms with E-state index in [2.05, 4.69) is 59.7 Å². The van der Waals surface area contributed by atoms with Crippen molar-refractivity contribution in [3.05, 3.63) is 91.0 Å². The predicted molar refractivity (Wildman–Crippen MR) is 119 cm³/mol. The van der Waals surface area contributed by atoms with Gasteiger partial charge >= 0.3 is 5.97 Å². The van der Waals surface area contributed by atoms with E-state index in [-0.39, 0.29) is 6.61 Å². The minimum absolute atomic E-state index is 0.0751. The fourth-order valence-electron chi connectivity index (χ4n) is 3.13. The maximum Gasteiger partial charge on any atom is 0.385 e. The zero-order valence-electron chi connectivity index (χ0n) is 15.8. The Morgan fingerprint density at radius 1 is 0.759 bits per heavy atom. The topological polar surface area (TPSA) is 26.3 Å². The van der Waals surface area contributed by atoms with E-state index < -0.39 is 14.0 Å². The van der Waals surface area contributed by atoms with Crippen molar-refractivity contribution in [2.24, 2.45) is 0 Å². The van der Waals surface area contributed by atoms with Crippen LogP contribution in [0.3, 0.4) is 0 Å². The Labute approximate surface area is 172 Å². The standard InChI is InChI=1S/C26H18O2Si/c1-2-26(27)28-21-13-6-14-22-29(23-15-7-3-8-16-23,24-17-9-4-10-18-24)25-19-11-5-12-20-25/h1,3-5,7-12,15-20H,21H2. The van der Waals surface area contributed by atoms with Crippen molar-refractivity contribution in [1.29, 1.82) is 0 Å². The highest BCUT2D eigenvalue weighted by molar-refractivity contribution is 7.16. The van der Waals surface area contributed by atoms with Gasteiger partial charge in [-0.15, -0.1) is 12.0 Å². The monoisotopic (exact) mass is 390 g/mol. The summed E-state index contributed by atoms with van der Waals surface area (Å²) in [4.78, 5) is 11.0. The van der Waals surface area contributed by atoms with E-state index in [1.807, 2.05) is 60.5 Å². The van der Waals surface area contributed by atoms with E-state index in [0.717, 1.165) is 0 Å². The van der Waals surface area contributed by atoms with Crippen LogP contribution >= 0.6 is 0 Å². The number of rotatable bonds is 4. The zero-order valence-corrected chi connectivity index (χ0v) is 16.8. The van der Waals surface area contributed by atoms with Crippen molar-refractivity contribution >= 4 is 29.6 Å². The highest BCUT2D eigenvalue weighted by Gasteiger charge is 2.38. The molecule has 2 nitrogen and oxygen atoms in total. The van der Waals surface area contributed by atoms with Gasteiger partial charge in [0, 0.05) is 5.92 Å². The molecule has 29 heavy (non-hydrogen) atoms. The van der Waals surface area contributed by atoms with Crippen LogP contribution in [0.2, 0.25) is 0 Å². The van der Waals surface area contributed by atoms with Gasteiger partial charge < -0.3 is 4.74 Å². The maximum absolute atomic E-state index is 11.0. The van der Waals surface area contributed by atoms with Gasteiger partial charge in [-0.25, -0.2) is 4.79 Å². The SMILES string of the molecule is C#CC(=O)OCC#CC#C[Si](c1ccccc1)(c1ccccc1)c1ccccc1. The molecule has 138 valence electrons. The number of benzene rings is 3. The first kappa shape index (κ1) is 19.8. The summed E-state index contributed by atoms with van der Waals surface area (Å²) in [6, 6.07) is 31.0. The van der Waals surface area contributed by atoms with Crippen molar-refractivity contribution in [2.45, 2.75) is 0 Å². The van der Waals surface area contributed by atoms with Crippen molar-refractivity contribution in [1.82, 2.24) is 0 Å². The first-order chi connectivity index (χ1) is 14.3. The molecular weight excluding hydrogens is 372 g/mol. The molecule has 0 atom stereocenters. The average molecular weight is 391 g/mol. The van der Waals surface area contributed by atoms with Crippen molar-refractivity contribution < 1.29 is 9.53 Å². The summed E-state index contributed by atoms with van der Waals surface area (Å²) in [6.45, 7) is -0.0751. The van der Waals surface area contributed by atoms with Crippen LogP contribution in [-0.2, 0) is 9.53 Å². The lowest BCUT2D eigenvalue weighted by Crippen LogP contribution is -2.66. The lowest BCUT2D eigenvalue weighted by Gasteiger charge is -2.27. The van der Waals surface area contributed by atoms with Gasteiger partial charge in [0.2, 0.25) is 8.07 Å². The molecule has 0 aliphatic carbocycles. The lowest BCUT2D eigenvalue weighted by molar-refractivity contribution is -0.135. The summed E-state index contributed by atoms with van der Waals surface area (Å²) in [5.41, 5.74) is 3.52. The first-order valence-corrected chi connectivity index (χ1v) is 11.1. The van der Waals surface area contributed by atoms with Crippen LogP contribution in [0.4, 0.5) is 0 Å². The normalized spacial score (nSPS) is 9.76. The Bertz CT molecular complexity index is 1030. The quantitative estimate of drug-likeness (QED) is 0.224. The number of esters is 1.